The van der Waals surface area contributed by atoms with E-state index < -0.39 is 0 Å². The highest BCUT2D eigenvalue weighted by Gasteiger charge is 2.17. The van der Waals surface area contributed by atoms with Gasteiger partial charge < -0.3 is 15.2 Å². The van der Waals surface area contributed by atoms with Crippen LogP contribution in [0.4, 0.5) is 5.82 Å². The van der Waals surface area contributed by atoms with Crippen LogP contribution in [-0.4, -0.2) is 38.6 Å². The molecule has 0 bridgehead atoms. The van der Waals surface area contributed by atoms with E-state index >= 15 is 0 Å². The number of methoxy groups -OCH3 is 1. The Morgan fingerprint density at radius 2 is 1.96 bits per heavy atom. The smallest absolute Gasteiger partial charge is 0.320 e. The molecule has 0 aliphatic rings. The largest absolute Gasteiger partial charge is 0.468 e. The Labute approximate surface area is 144 Å². The molecule has 8 heteroatoms. The number of nitrogens with two attached hydrogens (primary N) is 1. The van der Waals surface area contributed by atoms with Crippen LogP contribution in [0.2, 0.25) is 0 Å². The molecule has 2 heterocycles. The molecule has 2 aromatic rings. The second-order valence-electron chi connectivity index (χ2n) is 5.27. The summed E-state index contributed by atoms with van der Waals surface area (Å²) in [4.78, 5) is 13.0. The van der Waals surface area contributed by atoms with Crippen molar-refractivity contribution in [2.45, 2.75) is 45.6 Å². The van der Waals surface area contributed by atoms with Gasteiger partial charge in [-0.2, -0.15) is 15.0 Å². The fraction of sp³-hybridized carbons (Fsp3) is 0.667. The van der Waals surface area contributed by atoms with E-state index in [4.69, 9.17) is 15.2 Å². The van der Waals surface area contributed by atoms with Crippen LogP contribution in [0.1, 0.15) is 39.0 Å². The van der Waals surface area contributed by atoms with E-state index in [1.54, 1.807) is 7.11 Å². The Hall–Kier alpha value is -1.57. The van der Waals surface area contributed by atoms with Gasteiger partial charge in [0.25, 0.3) is 6.01 Å². The van der Waals surface area contributed by atoms with Gasteiger partial charge in [-0.15, -0.1) is 0 Å². The highest BCUT2D eigenvalue weighted by molar-refractivity contribution is 9.09. The third-order valence-corrected chi connectivity index (χ3v) is 4.05. The van der Waals surface area contributed by atoms with Crippen LogP contribution in [0.5, 0.6) is 12.0 Å². The average molecular weight is 386 g/mol. The number of rotatable bonds is 10. The van der Waals surface area contributed by atoms with E-state index in [2.05, 4.69) is 37.8 Å². The first-order valence-electron chi connectivity index (χ1n) is 7.97. The molecule has 0 aliphatic heterocycles. The summed E-state index contributed by atoms with van der Waals surface area (Å²) >= 11 is 3.45. The van der Waals surface area contributed by atoms with Crippen LogP contribution in [0.3, 0.4) is 0 Å². The molecule has 0 atom stereocenters. The van der Waals surface area contributed by atoms with Crippen molar-refractivity contribution < 1.29 is 9.47 Å². The molecule has 0 saturated carbocycles. The maximum absolute atomic E-state index is 6.01. The van der Waals surface area contributed by atoms with Crippen molar-refractivity contribution in [3.05, 3.63) is 0 Å². The molecule has 0 unspecified atom stereocenters. The molecule has 0 saturated heterocycles. The second-order valence-corrected chi connectivity index (χ2v) is 6.06. The topological polar surface area (TPSA) is 88.1 Å². The number of fused-ring (bicyclic) bond motifs is 1. The number of ether oxygens (including phenoxy) is 2. The molecule has 128 valence electrons. The van der Waals surface area contributed by atoms with Gasteiger partial charge in [-0.3, -0.25) is 4.57 Å². The first-order chi connectivity index (χ1) is 11.2. The average Bonchev–Trinajstić information content (AvgIpc) is 2.90. The number of aryl methyl sites for hydroxylation is 1. The molecule has 0 aromatic carbocycles. The molecule has 23 heavy (non-hydrogen) atoms. The summed E-state index contributed by atoms with van der Waals surface area (Å²) in [6.07, 6.45) is 5.28. The molecular weight excluding hydrogens is 362 g/mol. The SMILES string of the molecule is CCCCOc1nc(N)c2nc(OC)n(CCCCCBr)c2n1. The predicted molar refractivity (Wildman–Crippen MR) is 94.3 cm³/mol. The minimum absolute atomic E-state index is 0.299. The van der Waals surface area contributed by atoms with Crippen LogP contribution in [0.15, 0.2) is 0 Å². The van der Waals surface area contributed by atoms with Gasteiger partial charge in [-0.25, -0.2) is 0 Å². The van der Waals surface area contributed by atoms with Gasteiger partial charge in [-0.05, 0) is 19.3 Å². The minimum Gasteiger partial charge on any atom is -0.468 e. The van der Waals surface area contributed by atoms with E-state index in [1.165, 1.54) is 0 Å². The third-order valence-electron chi connectivity index (χ3n) is 3.49. The van der Waals surface area contributed by atoms with Crippen molar-refractivity contribution in [2.24, 2.45) is 0 Å². The lowest BCUT2D eigenvalue weighted by Crippen LogP contribution is -2.06. The maximum atomic E-state index is 6.01. The van der Waals surface area contributed by atoms with Crippen LogP contribution in [-0.2, 0) is 6.54 Å². The summed E-state index contributed by atoms with van der Waals surface area (Å²) in [5.41, 5.74) is 7.23. The highest BCUT2D eigenvalue weighted by atomic mass is 79.9. The second kappa shape index (κ2) is 8.90. The van der Waals surface area contributed by atoms with Crippen LogP contribution in [0.25, 0.3) is 11.2 Å². The number of nitrogen functional groups attached to an aromatic ring is 1. The van der Waals surface area contributed by atoms with Crippen molar-refractivity contribution in [2.75, 3.05) is 24.8 Å². The number of unbranched alkanes of at least 4 members (excludes halogenated alkanes) is 3. The summed E-state index contributed by atoms with van der Waals surface area (Å²) in [5.74, 6) is 0.319. The summed E-state index contributed by atoms with van der Waals surface area (Å²) < 4.78 is 12.9. The van der Waals surface area contributed by atoms with Gasteiger partial charge in [0.2, 0.25) is 0 Å². The molecule has 0 aliphatic carbocycles. The number of anilines is 1. The first-order valence-corrected chi connectivity index (χ1v) is 9.09. The molecular formula is C15H24BrN5O2. The summed E-state index contributed by atoms with van der Waals surface area (Å²) in [7, 11) is 1.60. The van der Waals surface area contributed by atoms with Gasteiger partial charge in [0.1, 0.15) is 0 Å². The zero-order valence-electron chi connectivity index (χ0n) is 13.7. The summed E-state index contributed by atoms with van der Waals surface area (Å²) in [5, 5.41) is 1.01. The Morgan fingerprint density at radius 1 is 1.13 bits per heavy atom. The fourth-order valence-electron chi connectivity index (χ4n) is 2.25. The van der Waals surface area contributed by atoms with Crippen molar-refractivity contribution in [1.82, 2.24) is 19.5 Å². The van der Waals surface area contributed by atoms with Crippen LogP contribution in [0, 0.1) is 0 Å². The molecule has 7 nitrogen and oxygen atoms in total. The monoisotopic (exact) mass is 385 g/mol. The number of aromatic nitrogens is 4. The van der Waals surface area contributed by atoms with Crippen molar-refractivity contribution >= 4 is 32.9 Å². The van der Waals surface area contributed by atoms with Gasteiger partial charge >= 0.3 is 6.01 Å². The Kier molecular flexibility index (Phi) is 6.88. The van der Waals surface area contributed by atoms with Crippen LogP contribution < -0.4 is 15.2 Å². The van der Waals surface area contributed by atoms with Gasteiger partial charge in [0.05, 0.1) is 13.7 Å². The van der Waals surface area contributed by atoms with Crippen molar-refractivity contribution in [1.29, 1.82) is 0 Å². The number of halogens is 1. The van der Waals surface area contributed by atoms with Crippen LogP contribution >= 0.6 is 15.9 Å². The first kappa shape index (κ1) is 17.8. The van der Waals surface area contributed by atoms with Gasteiger partial charge in [0, 0.05) is 11.9 Å². The van der Waals surface area contributed by atoms with Crippen molar-refractivity contribution in [3.63, 3.8) is 0 Å². The number of nitrogens with zero attached hydrogens (tertiary/aromatic N) is 4. The number of hydrogen-bond donors (Lipinski definition) is 1. The lowest BCUT2D eigenvalue weighted by atomic mass is 10.2. The normalized spacial score (nSPS) is 11.1. The zero-order valence-corrected chi connectivity index (χ0v) is 15.3. The number of imidazole rings is 1. The predicted octanol–water partition coefficient (Wildman–Crippen LogP) is 3.16. The Morgan fingerprint density at radius 3 is 2.65 bits per heavy atom. The highest BCUT2D eigenvalue weighted by Crippen LogP contribution is 2.26. The van der Waals surface area contributed by atoms with E-state index in [0.717, 1.165) is 44.0 Å². The van der Waals surface area contributed by atoms with E-state index in [0.29, 0.717) is 35.6 Å². The maximum Gasteiger partial charge on any atom is 0.320 e. The third kappa shape index (κ3) is 4.46. The minimum atomic E-state index is 0.299. The standard InChI is InChI=1S/C15H24BrN5O2/c1-3-4-10-23-14-19-12(17)11-13(20-14)21(15(18-11)22-2)9-7-5-6-8-16/h3-10H2,1-2H3,(H2,17,19,20). The molecule has 2 rings (SSSR count). The number of alkyl halides is 1. The molecule has 0 spiro atoms. The molecule has 0 fully saturated rings. The molecule has 2 aromatic heterocycles. The van der Waals surface area contributed by atoms with Gasteiger partial charge in [0.15, 0.2) is 17.0 Å². The van der Waals surface area contributed by atoms with E-state index in [9.17, 15) is 0 Å². The number of hydrogen-bond acceptors (Lipinski definition) is 6. The lowest BCUT2D eigenvalue weighted by Gasteiger charge is -2.08. The zero-order chi connectivity index (χ0) is 16.7. The Balaban J connectivity index is 2.26. The van der Waals surface area contributed by atoms with Crippen molar-refractivity contribution in [3.8, 4) is 12.0 Å². The van der Waals surface area contributed by atoms with E-state index in [1.807, 2.05) is 4.57 Å². The fourth-order valence-corrected chi connectivity index (χ4v) is 2.65. The van der Waals surface area contributed by atoms with Gasteiger partial charge in [-0.1, -0.05) is 35.7 Å². The summed E-state index contributed by atoms with van der Waals surface area (Å²) in [6.45, 7) is 3.46. The molecule has 0 amide bonds. The molecule has 0 radical (unpaired) electrons. The quantitative estimate of drug-likeness (QED) is 0.499. The lowest BCUT2D eigenvalue weighted by molar-refractivity contribution is 0.286. The molecule has 2 N–H and O–H groups in total. The Bertz CT molecular complexity index is 632. The van der Waals surface area contributed by atoms with E-state index in [-0.39, 0.29) is 0 Å². The summed E-state index contributed by atoms with van der Waals surface area (Å²) in [6, 6.07) is 0.804.